The molecular formula is C16H28IN5S. The molecule has 3 rings (SSSR count). The van der Waals surface area contributed by atoms with Crippen molar-refractivity contribution in [3.63, 3.8) is 0 Å². The van der Waals surface area contributed by atoms with E-state index in [4.69, 9.17) is 9.98 Å². The van der Waals surface area contributed by atoms with Gasteiger partial charge in [0, 0.05) is 37.5 Å². The molecule has 2 aliphatic rings. The van der Waals surface area contributed by atoms with E-state index in [0.717, 1.165) is 43.0 Å². The molecule has 1 aromatic heterocycles. The average molecular weight is 449 g/mol. The highest BCUT2D eigenvalue weighted by molar-refractivity contribution is 14.0. The summed E-state index contributed by atoms with van der Waals surface area (Å²) < 4.78 is 2.30. The number of fused-ring (bicyclic) bond motifs is 1. The standard InChI is InChI=1S/C16H27N5S.HI/c1-2-17-16(19-11-14-6-5-9-22-14)18-10-13-12-21-8-4-3-7-15(21)20-13;/h12,14H,2-11H2,1H3,(H2,17,18,19);1H. The van der Waals surface area contributed by atoms with Gasteiger partial charge in [-0.25, -0.2) is 9.98 Å². The molecule has 1 saturated heterocycles. The summed E-state index contributed by atoms with van der Waals surface area (Å²) >= 11 is 2.07. The maximum atomic E-state index is 4.72. The van der Waals surface area contributed by atoms with E-state index in [9.17, 15) is 0 Å². The molecule has 1 aromatic rings. The summed E-state index contributed by atoms with van der Waals surface area (Å²) in [7, 11) is 0. The van der Waals surface area contributed by atoms with E-state index in [-0.39, 0.29) is 24.0 Å². The van der Waals surface area contributed by atoms with E-state index in [2.05, 4.69) is 40.1 Å². The van der Waals surface area contributed by atoms with Gasteiger partial charge in [-0.2, -0.15) is 11.8 Å². The number of guanidine groups is 1. The largest absolute Gasteiger partial charge is 0.357 e. The Kier molecular flexibility index (Phi) is 8.02. The molecule has 1 unspecified atom stereocenters. The Hall–Kier alpha value is -0.440. The first kappa shape index (κ1) is 18.9. The second-order valence-electron chi connectivity index (χ2n) is 6.01. The van der Waals surface area contributed by atoms with Gasteiger partial charge in [0.1, 0.15) is 5.82 Å². The molecule has 23 heavy (non-hydrogen) atoms. The number of imidazole rings is 1. The molecule has 0 radical (unpaired) electrons. The molecule has 0 saturated carbocycles. The van der Waals surface area contributed by atoms with Crippen molar-refractivity contribution < 1.29 is 0 Å². The zero-order chi connectivity index (χ0) is 15.2. The fourth-order valence-corrected chi connectivity index (χ4v) is 4.27. The van der Waals surface area contributed by atoms with Gasteiger partial charge in [0.05, 0.1) is 12.2 Å². The fourth-order valence-electron chi connectivity index (χ4n) is 3.07. The second kappa shape index (κ2) is 9.76. The lowest BCUT2D eigenvalue weighted by atomic mass is 10.2. The van der Waals surface area contributed by atoms with Crippen molar-refractivity contribution >= 4 is 41.7 Å². The van der Waals surface area contributed by atoms with E-state index >= 15 is 0 Å². The zero-order valence-electron chi connectivity index (χ0n) is 13.9. The summed E-state index contributed by atoms with van der Waals surface area (Å²) in [5.41, 5.74) is 1.09. The third-order valence-corrected chi connectivity index (χ3v) is 5.62. The van der Waals surface area contributed by atoms with Gasteiger partial charge in [0.2, 0.25) is 0 Å². The van der Waals surface area contributed by atoms with Crippen LogP contribution < -0.4 is 10.6 Å². The second-order valence-corrected chi connectivity index (χ2v) is 7.42. The van der Waals surface area contributed by atoms with Crippen molar-refractivity contribution in [2.24, 2.45) is 4.99 Å². The van der Waals surface area contributed by atoms with Crippen LogP contribution in [-0.4, -0.2) is 39.6 Å². The Morgan fingerprint density at radius 2 is 2.30 bits per heavy atom. The van der Waals surface area contributed by atoms with Crippen LogP contribution in [0.1, 0.15) is 44.1 Å². The molecule has 1 fully saturated rings. The first-order valence-corrected chi connectivity index (χ1v) is 9.58. The SMILES string of the molecule is CCNC(=NCc1cn2c(n1)CCCC2)NCC1CCCS1.I. The average Bonchev–Trinajstić information content (AvgIpc) is 3.18. The van der Waals surface area contributed by atoms with Gasteiger partial charge in [-0.15, -0.1) is 24.0 Å². The summed E-state index contributed by atoms with van der Waals surface area (Å²) in [6, 6.07) is 0. The first-order valence-electron chi connectivity index (χ1n) is 8.54. The van der Waals surface area contributed by atoms with Crippen LogP contribution in [0.15, 0.2) is 11.2 Å². The van der Waals surface area contributed by atoms with Crippen molar-refractivity contribution in [1.82, 2.24) is 20.2 Å². The van der Waals surface area contributed by atoms with Gasteiger partial charge in [-0.1, -0.05) is 0 Å². The van der Waals surface area contributed by atoms with E-state index in [0.29, 0.717) is 6.54 Å². The molecular weight excluding hydrogens is 421 g/mol. The quantitative estimate of drug-likeness (QED) is 0.413. The maximum absolute atomic E-state index is 4.72. The minimum absolute atomic E-state index is 0. The Labute approximate surface area is 160 Å². The van der Waals surface area contributed by atoms with Gasteiger partial charge < -0.3 is 15.2 Å². The van der Waals surface area contributed by atoms with Crippen LogP contribution >= 0.6 is 35.7 Å². The molecule has 5 nitrogen and oxygen atoms in total. The molecule has 0 aliphatic carbocycles. The predicted octanol–water partition coefficient (Wildman–Crippen LogP) is 2.79. The third-order valence-electron chi connectivity index (χ3n) is 4.22. The van der Waals surface area contributed by atoms with Crippen LogP contribution in [-0.2, 0) is 19.5 Å². The first-order chi connectivity index (χ1) is 10.8. The lowest BCUT2D eigenvalue weighted by molar-refractivity contribution is 0.522. The number of halogens is 1. The molecule has 0 amide bonds. The van der Waals surface area contributed by atoms with Crippen LogP contribution in [0.4, 0.5) is 0 Å². The minimum atomic E-state index is 0. The van der Waals surface area contributed by atoms with E-state index in [1.807, 2.05) is 0 Å². The smallest absolute Gasteiger partial charge is 0.191 e. The van der Waals surface area contributed by atoms with Crippen LogP contribution in [0.5, 0.6) is 0 Å². The summed E-state index contributed by atoms with van der Waals surface area (Å²) in [6.07, 6.45) is 8.50. The van der Waals surface area contributed by atoms with Crippen molar-refractivity contribution in [2.75, 3.05) is 18.8 Å². The van der Waals surface area contributed by atoms with Gasteiger partial charge in [-0.3, -0.25) is 0 Å². The number of aromatic nitrogens is 2. The normalized spacial score (nSPS) is 20.7. The van der Waals surface area contributed by atoms with Crippen LogP contribution in [0.2, 0.25) is 0 Å². The molecule has 0 spiro atoms. The predicted molar refractivity (Wildman–Crippen MR) is 109 cm³/mol. The number of nitrogens with one attached hydrogen (secondary N) is 2. The van der Waals surface area contributed by atoms with E-state index in [1.165, 1.54) is 37.3 Å². The third kappa shape index (κ3) is 5.55. The lowest BCUT2D eigenvalue weighted by Gasteiger charge is -2.14. The van der Waals surface area contributed by atoms with Crippen molar-refractivity contribution in [3.05, 3.63) is 17.7 Å². The number of hydrogen-bond acceptors (Lipinski definition) is 3. The topological polar surface area (TPSA) is 54.2 Å². The van der Waals surface area contributed by atoms with E-state index in [1.54, 1.807) is 0 Å². The highest BCUT2D eigenvalue weighted by atomic mass is 127. The van der Waals surface area contributed by atoms with Crippen LogP contribution in [0.3, 0.4) is 0 Å². The minimum Gasteiger partial charge on any atom is -0.357 e. The van der Waals surface area contributed by atoms with Crippen LogP contribution in [0.25, 0.3) is 0 Å². The molecule has 2 N–H and O–H groups in total. The fraction of sp³-hybridized carbons (Fsp3) is 0.750. The zero-order valence-corrected chi connectivity index (χ0v) is 17.0. The number of aryl methyl sites for hydroxylation is 2. The van der Waals surface area contributed by atoms with Crippen molar-refractivity contribution in [1.29, 1.82) is 0 Å². The Morgan fingerprint density at radius 1 is 1.39 bits per heavy atom. The van der Waals surface area contributed by atoms with Gasteiger partial charge in [-0.05, 0) is 38.4 Å². The van der Waals surface area contributed by atoms with Gasteiger partial charge in [0.15, 0.2) is 5.96 Å². The Balaban J connectivity index is 0.00000192. The number of aliphatic imine (C=N–C) groups is 1. The highest BCUT2D eigenvalue weighted by Gasteiger charge is 2.16. The summed E-state index contributed by atoms with van der Waals surface area (Å²) in [5, 5.41) is 7.55. The number of rotatable bonds is 5. The Morgan fingerprint density at radius 3 is 3.04 bits per heavy atom. The molecule has 1 atom stereocenters. The summed E-state index contributed by atoms with van der Waals surface area (Å²) in [6.45, 7) is 5.78. The van der Waals surface area contributed by atoms with Crippen molar-refractivity contribution in [3.8, 4) is 0 Å². The molecule has 0 bridgehead atoms. The molecule has 130 valence electrons. The van der Waals surface area contributed by atoms with Crippen LogP contribution in [0, 0.1) is 0 Å². The molecule has 3 heterocycles. The number of nitrogens with zero attached hydrogens (tertiary/aromatic N) is 3. The molecule has 2 aliphatic heterocycles. The highest BCUT2D eigenvalue weighted by Crippen LogP contribution is 2.25. The molecule has 7 heteroatoms. The lowest BCUT2D eigenvalue weighted by Crippen LogP contribution is -2.40. The summed E-state index contributed by atoms with van der Waals surface area (Å²) in [5.74, 6) is 3.46. The summed E-state index contributed by atoms with van der Waals surface area (Å²) in [4.78, 5) is 9.41. The molecule has 0 aromatic carbocycles. The van der Waals surface area contributed by atoms with Gasteiger partial charge in [0.25, 0.3) is 0 Å². The van der Waals surface area contributed by atoms with Gasteiger partial charge >= 0.3 is 0 Å². The van der Waals surface area contributed by atoms with E-state index < -0.39 is 0 Å². The number of hydrogen-bond donors (Lipinski definition) is 2. The monoisotopic (exact) mass is 449 g/mol. The van der Waals surface area contributed by atoms with Crippen molar-refractivity contribution in [2.45, 2.75) is 57.4 Å². The number of thioether (sulfide) groups is 1. The maximum Gasteiger partial charge on any atom is 0.191 e. The Bertz CT molecular complexity index is 487.